The van der Waals surface area contributed by atoms with E-state index in [-0.39, 0.29) is 5.78 Å². The molecule has 0 fully saturated rings. The lowest BCUT2D eigenvalue weighted by atomic mass is 10.0. The average Bonchev–Trinajstić information content (AvgIpc) is 2.19. The van der Waals surface area contributed by atoms with Crippen molar-refractivity contribution in [2.75, 3.05) is 7.11 Å². The molecule has 0 saturated heterocycles. The number of aryl methyl sites for hydroxylation is 1. The van der Waals surface area contributed by atoms with Crippen molar-refractivity contribution in [3.8, 4) is 0 Å². The van der Waals surface area contributed by atoms with Crippen molar-refractivity contribution in [1.29, 1.82) is 0 Å². The Bertz CT molecular complexity index is 301. The highest BCUT2D eigenvalue weighted by Gasteiger charge is 2.14. The van der Waals surface area contributed by atoms with Crippen LogP contribution in [0.5, 0.6) is 0 Å². The second-order valence-electron chi connectivity index (χ2n) is 3.32. The van der Waals surface area contributed by atoms with Crippen molar-refractivity contribution >= 4 is 5.78 Å². The summed E-state index contributed by atoms with van der Waals surface area (Å²) in [4.78, 5) is 11.2. The fraction of sp³-hybridized carbons (Fsp3) is 0.417. The van der Waals surface area contributed by atoms with Gasteiger partial charge in [0.25, 0.3) is 0 Å². The summed E-state index contributed by atoms with van der Waals surface area (Å²) in [6.45, 7) is 3.65. The molecule has 0 bridgehead atoms. The number of rotatable bonds is 4. The third kappa shape index (κ3) is 2.42. The van der Waals surface area contributed by atoms with Gasteiger partial charge in [0.05, 0.1) is 0 Å². The van der Waals surface area contributed by atoms with Gasteiger partial charge in [0.1, 0.15) is 6.10 Å². The van der Waals surface area contributed by atoms with Crippen molar-refractivity contribution in [3.63, 3.8) is 0 Å². The van der Waals surface area contributed by atoms with Crippen LogP contribution in [0.15, 0.2) is 24.3 Å². The second kappa shape index (κ2) is 4.91. The number of benzene rings is 1. The normalized spacial score (nSPS) is 12.5. The molecule has 76 valence electrons. The maximum atomic E-state index is 11.2. The zero-order valence-electron chi connectivity index (χ0n) is 8.91. The Labute approximate surface area is 84.9 Å². The lowest BCUT2D eigenvalue weighted by Gasteiger charge is -2.12. The Hall–Kier alpha value is -1.15. The van der Waals surface area contributed by atoms with E-state index in [2.05, 4.69) is 6.92 Å². The van der Waals surface area contributed by atoms with E-state index in [1.165, 1.54) is 5.56 Å². The summed E-state index contributed by atoms with van der Waals surface area (Å²) in [5.41, 5.74) is 2.20. The van der Waals surface area contributed by atoms with E-state index in [9.17, 15) is 4.79 Å². The fourth-order valence-corrected chi connectivity index (χ4v) is 1.46. The minimum absolute atomic E-state index is 0.0387. The van der Waals surface area contributed by atoms with Crippen LogP contribution in [0.4, 0.5) is 0 Å². The average molecular weight is 192 g/mol. The third-order valence-corrected chi connectivity index (χ3v) is 2.30. The molecule has 1 atom stereocenters. The number of hydrogen-bond acceptors (Lipinski definition) is 2. The van der Waals surface area contributed by atoms with E-state index >= 15 is 0 Å². The molecule has 1 aromatic carbocycles. The first-order valence-electron chi connectivity index (χ1n) is 4.81. The van der Waals surface area contributed by atoms with Crippen molar-refractivity contribution in [1.82, 2.24) is 0 Å². The van der Waals surface area contributed by atoms with Gasteiger partial charge in [-0.1, -0.05) is 31.2 Å². The largest absolute Gasteiger partial charge is 0.369 e. The number of carbonyl (C=O) groups is 1. The number of methoxy groups -OCH3 is 1. The van der Waals surface area contributed by atoms with Crippen molar-refractivity contribution < 1.29 is 9.53 Å². The summed E-state index contributed by atoms with van der Waals surface area (Å²) in [5.74, 6) is 0.0387. The quantitative estimate of drug-likeness (QED) is 0.732. The molecular weight excluding hydrogens is 176 g/mol. The summed E-state index contributed by atoms with van der Waals surface area (Å²) in [6.07, 6.45) is 0.596. The summed E-state index contributed by atoms with van der Waals surface area (Å²) in [7, 11) is 1.56. The molecule has 2 heteroatoms. The van der Waals surface area contributed by atoms with Gasteiger partial charge in [-0.2, -0.15) is 0 Å². The monoisotopic (exact) mass is 192 g/mol. The Morgan fingerprint density at radius 2 is 1.93 bits per heavy atom. The third-order valence-electron chi connectivity index (χ3n) is 2.30. The van der Waals surface area contributed by atoms with Gasteiger partial charge in [-0.25, -0.2) is 0 Å². The lowest BCUT2D eigenvalue weighted by molar-refractivity contribution is -0.126. The Balaban J connectivity index is 2.89. The fourth-order valence-electron chi connectivity index (χ4n) is 1.46. The highest BCUT2D eigenvalue weighted by atomic mass is 16.5. The van der Waals surface area contributed by atoms with Crippen LogP contribution >= 0.6 is 0 Å². The second-order valence-corrected chi connectivity index (χ2v) is 3.32. The maximum absolute atomic E-state index is 11.2. The van der Waals surface area contributed by atoms with Gasteiger partial charge in [-0.05, 0) is 24.5 Å². The predicted molar refractivity (Wildman–Crippen MR) is 56.3 cm³/mol. The first kappa shape index (κ1) is 10.9. The van der Waals surface area contributed by atoms with Crippen molar-refractivity contribution in [2.45, 2.75) is 26.4 Å². The highest BCUT2D eigenvalue weighted by molar-refractivity contribution is 5.81. The molecule has 0 N–H and O–H groups in total. The molecule has 0 aromatic heterocycles. The molecule has 0 spiro atoms. The van der Waals surface area contributed by atoms with Crippen LogP contribution in [0, 0.1) is 0 Å². The van der Waals surface area contributed by atoms with Crippen molar-refractivity contribution in [3.05, 3.63) is 35.4 Å². The van der Waals surface area contributed by atoms with E-state index in [1.54, 1.807) is 14.0 Å². The molecule has 0 radical (unpaired) electrons. The summed E-state index contributed by atoms with van der Waals surface area (Å²) < 4.78 is 5.12. The SMILES string of the molecule is CCc1ccc(C(OC)C(C)=O)cc1. The number of ether oxygens (including phenoxy) is 1. The number of carbonyl (C=O) groups excluding carboxylic acids is 1. The standard InChI is InChI=1S/C12H16O2/c1-4-10-5-7-11(8-6-10)12(14-3)9(2)13/h5-8,12H,4H2,1-3H3. The Morgan fingerprint density at radius 1 is 1.36 bits per heavy atom. The van der Waals surface area contributed by atoms with E-state index in [4.69, 9.17) is 4.74 Å². The molecule has 0 saturated carbocycles. The van der Waals surface area contributed by atoms with Gasteiger partial charge in [0.2, 0.25) is 0 Å². The van der Waals surface area contributed by atoms with E-state index < -0.39 is 6.10 Å². The molecule has 1 aromatic rings. The summed E-state index contributed by atoms with van der Waals surface area (Å²) in [6, 6.07) is 7.97. The molecule has 1 rings (SSSR count). The van der Waals surface area contributed by atoms with Crippen LogP contribution in [0.1, 0.15) is 31.1 Å². The molecule has 0 heterocycles. The van der Waals surface area contributed by atoms with Crippen LogP contribution in [0.25, 0.3) is 0 Å². The van der Waals surface area contributed by atoms with Crippen LogP contribution in [0.2, 0.25) is 0 Å². The van der Waals surface area contributed by atoms with Crippen molar-refractivity contribution in [2.24, 2.45) is 0 Å². The first-order chi connectivity index (χ1) is 6.69. The minimum Gasteiger partial charge on any atom is -0.369 e. The van der Waals surface area contributed by atoms with Gasteiger partial charge < -0.3 is 4.74 Å². The van der Waals surface area contributed by atoms with Gasteiger partial charge in [-0.3, -0.25) is 4.79 Å². The van der Waals surface area contributed by atoms with E-state index in [0.29, 0.717) is 0 Å². The minimum atomic E-state index is -0.416. The topological polar surface area (TPSA) is 26.3 Å². The van der Waals surface area contributed by atoms with Crippen LogP contribution < -0.4 is 0 Å². The lowest BCUT2D eigenvalue weighted by Crippen LogP contribution is -2.10. The molecular formula is C12H16O2. The molecule has 2 nitrogen and oxygen atoms in total. The number of hydrogen-bond donors (Lipinski definition) is 0. The molecule has 1 unspecified atom stereocenters. The Kier molecular flexibility index (Phi) is 3.84. The molecule has 0 aliphatic rings. The first-order valence-corrected chi connectivity index (χ1v) is 4.81. The zero-order valence-corrected chi connectivity index (χ0v) is 8.91. The number of ketones is 1. The van der Waals surface area contributed by atoms with E-state index in [0.717, 1.165) is 12.0 Å². The van der Waals surface area contributed by atoms with Crippen LogP contribution in [-0.4, -0.2) is 12.9 Å². The Morgan fingerprint density at radius 3 is 2.29 bits per heavy atom. The van der Waals surface area contributed by atoms with Gasteiger partial charge >= 0.3 is 0 Å². The molecule has 0 amide bonds. The van der Waals surface area contributed by atoms with E-state index in [1.807, 2.05) is 24.3 Å². The summed E-state index contributed by atoms with van der Waals surface area (Å²) >= 11 is 0. The highest BCUT2D eigenvalue weighted by Crippen LogP contribution is 2.18. The summed E-state index contributed by atoms with van der Waals surface area (Å²) in [5, 5.41) is 0. The molecule has 0 aliphatic heterocycles. The van der Waals surface area contributed by atoms with Gasteiger partial charge in [-0.15, -0.1) is 0 Å². The molecule has 14 heavy (non-hydrogen) atoms. The van der Waals surface area contributed by atoms with Crippen LogP contribution in [-0.2, 0) is 16.0 Å². The predicted octanol–water partition coefficient (Wildman–Crippen LogP) is 2.53. The molecule has 0 aliphatic carbocycles. The van der Waals surface area contributed by atoms with Crippen LogP contribution in [0.3, 0.4) is 0 Å². The van der Waals surface area contributed by atoms with Gasteiger partial charge in [0, 0.05) is 7.11 Å². The maximum Gasteiger partial charge on any atom is 0.163 e. The zero-order chi connectivity index (χ0) is 10.6. The smallest absolute Gasteiger partial charge is 0.163 e. The number of Topliss-reactive ketones (excluding diaryl/α,β-unsaturated/α-hetero) is 1. The van der Waals surface area contributed by atoms with Gasteiger partial charge in [0.15, 0.2) is 5.78 Å².